The molecular formula is C21H21ClFN3S2. The van der Waals surface area contributed by atoms with Crippen LogP contribution in [0.4, 0.5) is 4.39 Å². The second-order valence-electron chi connectivity index (χ2n) is 7.13. The standard InChI is InChI=1S/C21H21ClFN3S2/c1-3-8-26-20(17-12-27-19-9-13(2)4-7-16(17)19)24-25-21(26)28-11-14-5-6-15(23)10-18(14)22/h3,5-6,10,12-13H,1,4,7-9,11H2,2H3. The lowest BCUT2D eigenvalue weighted by atomic mass is 9.88. The minimum Gasteiger partial charge on any atom is -0.298 e. The summed E-state index contributed by atoms with van der Waals surface area (Å²) in [6, 6.07) is 4.49. The molecule has 3 nitrogen and oxygen atoms in total. The number of fused-ring (bicyclic) bond motifs is 1. The van der Waals surface area contributed by atoms with E-state index < -0.39 is 0 Å². The zero-order valence-electron chi connectivity index (χ0n) is 15.6. The number of allylic oxidation sites excluding steroid dienone is 1. The molecule has 1 aliphatic carbocycles. The van der Waals surface area contributed by atoms with Crippen molar-refractivity contribution in [2.75, 3.05) is 0 Å². The Kier molecular flexibility index (Phi) is 5.90. The number of rotatable bonds is 6. The second kappa shape index (κ2) is 8.39. The molecule has 0 amide bonds. The van der Waals surface area contributed by atoms with Gasteiger partial charge in [-0.15, -0.1) is 28.1 Å². The summed E-state index contributed by atoms with van der Waals surface area (Å²) in [7, 11) is 0. The monoisotopic (exact) mass is 433 g/mol. The lowest BCUT2D eigenvalue weighted by Gasteiger charge is -2.19. The average Bonchev–Trinajstić information content (AvgIpc) is 3.25. The number of hydrogen-bond donors (Lipinski definition) is 0. The Labute approximate surface area is 177 Å². The number of thioether (sulfide) groups is 1. The maximum Gasteiger partial charge on any atom is 0.192 e. The minimum atomic E-state index is -0.326. The van der Waals surface area contributed by atoms with E-state index in [1.165, 1.54) is 34.6 Å². The maximum absolute atomic E-state index is 13.3. The summed E-state index contributed by atoms with van der Waals surface area (Å²) < 4.78 is 15.4. The third kappa shape index (κ3) is 3.91. The molecule has 0 N–H and O–H groups in total. The first-order valence-corrected chi connectivity index (χ1v) is 11.5. The Balaban J connectivity index is 1.62. The number of halogens is 2. The molecular weight excluding hydrogens is 413 g/mol. The van der Waals surface area contributed by atoms with Gasteiger partial charge in [-0.05, 0) is 48.4 Å². The molecule has 0 saturated heterocycles. The van der Waals surface area contributed by atoms with E-state index in [1.807, 2.05) is 17.4 Å². The van der Waals surface area contributed by atoms with Gasteiger partial charge in [0.15, 0.2) is 11.0 Å². The molecule has 0 fully saturated rings. The van der Waals surface area contributed by atoms with Gasteiger partial charge in [0.25, 0.3) is 0 Å². The van der Waals surface area contributed by atoms with E-state index in [1.54, 1.807) is 17.8 Å². The van der Waals surface area contributed by atoms with E-state index in [-0.39, 0.29) is 5.82 Å². The molecule has 1 unspecified atom stereocenters. The summed E-state index contributed by atoms with van der Waals surface area (Å²) in [6.45, 7) is 6.85. The van der Waals surface area contributed by atoms with Crippen LogP contribution in [0.1, 0.15) is 29.3 Å². The minimum absolute atomic E-state index is 0.326. The van der Waals surface area contributed by atoms with Gasteiger partial charge in [-0.1, -0.05) is 42.4 Å². The summed E-state index contributed by atoms with van der Waals surface area (Å²) in [5.74, 6) is 1.93. The van der Waals surface area contributed by atoms with Crippen LogP contribution in [0, 0.1) is 11.7 Å². The van der Waals surface area contributed by atoms with Crippen molar-refractivity contribution >= 4 is 34.7 Å². The first-order chi connectivity index (χ1) is 13.6. The van der Waals surface area contributed by atoms with E-state index in [2.05, 4.69) is 33.6 Å². The van der Waals surface area contributed by atoms with Crippen LogP contribution in [0.25, 0.3) is 11.4 Å². The van der Waals surface area contributed by atoms with Crippen molar-refractivity contribution in [1.29, 1.82) is 0 Å². The van der Waals surface area contributed by atoms with Crippen LogP contribution in [0.3, 0.4) is 0 Å². The molecule has 146 valence electrons. The predicted molar refractivity (Wildman–Crippen MR) is 116 cm³/mol. The van der Waals surface area contributed by atoms with Gasteiger partial charge in [-0.25, -0.2) is 4.39 Å². The van der Waals surface area contributed by atoms with Gasteiger partial charge < -0.3 is 0 Å². The highest BCUT2D eigenvalue weighted by molar-refractivity contribution is 7.98. The molecule has 1 aromatic carbocycles. The fraction of sp³-hybridized carbons (Fsp3) is 0.333. The molecule has 1 atom stereocenters. The van der Waals surface area contributed by atoms with Gasteiger partial charge >= 0.3 is 0 Å². The van der Waals surface area contributed by atoms with E-state index in [9.17, 15) is 4.39 Å². The smallest absolute Gasteiger partial charge is 0.192 e. The molecule has 3 aromatic rings. The molecule has 0 radical (unpaired) electrons. The normalized spacial score (nSPS) is 16.2. The summed E-state index contributed by atoms with van der Waals surface area (Å²) >= 11 is 9.55. The van der Waals surface area contributed by atoms with Crippen molar-refractivity contribution in [2.24, 2.45) is 5.92 Å². The van der Waals surface area contributed by atoms with Gasteiger partial charge in [0.2, 0.25) is 0 Å². The second-order valence-corrected chi connectivity index (χ2v) is 9.44. The molecule has 0 bridgehead atoms. The van der Waals surface area contributed by atoms with E-state index in [4.69, 9.17) is 11.6 Å². The molecule has 2 heterocycles. The van der Waals surface area contributed by atoms with E-state index in [0.29, 0.717) is 17.3 Å². The summed E-state index contributed by atoms with van der Waals surface area (Å²) in [6.07, 6.45) is 5.34. The van der Waals surface area contributed by atoms with Crippen LogP contribution < -0.4 is 0 Å². The third-order valence-electron chi connectivity index (χ3n) is 5.04. The maximum atomic E-state index is 13.3. The predicted octanol–water partition coefficient (Wildman–Crippen LogP) is 6.40. The van der Waals surface area contributed by atoms with Gasteiger partial charge in [-0.3, -0.25) is 4.57 Å². The van der Waals surface area contributed by atoms with Crippen molar-refractivity contribution in [3.8, 4) is 11.4 Å². The Morgan fingerprint density at radius 1 is 1.43 bits per heavy atom. The Morgan fingerprint density at radius 2 is 2.29 bits per heavy atom. The molecule has 1 aliphatic rings. The number of aromatic nitrogens is 3. The van der Waals surface area contributed by atoms with Gasteiger partial charge in [-0.2, -0.15) is 0 Å². The van der Waals surface area contributed by atoms with Crippen molar-refractivity contribution in [2.45, 2.75) is 43.6 Å². The lowest BCUT2D eigenvalue weighted by molar-refractivity contribution is 0.508. The highest BCUT2D eigenvalue weighted by atomic mass is 35.5. The van der Waals surface area contributed by atoms with Crippen molar-refractivity contribution in [1.82, 2.24) is 14.8 Å². The van der Waals surface area contributed by atoms with Crippen LogP contribution in [0.2, 0.25) is 5.02 Å². The largest absolute Gasteiger partial charge is 0.298 e. The molecule has 2 aromatic heterocycles. The SMILES string of the molecule is C=CCn1c(SCc2ccc(F)cc2Cl)nnc1-c1csc2c1CCC(C)C2. The van der Waals surface area contributed by atoms with Gasteiger partial charge in [0.1, 0.15) is 5.82 Å². The number of hydrogen-bond acceptors (Lipinski definition) is 4. The molecule has 0 spiro atoms. The summed E-state index contributed by atoms with van der Waals surface area (Å²) in [5.41, 5.74) is 3.51. The summed E-state index contributed by atoms with van der Waals surface area (Å²) in [5, 5.41) is 12.4. The van der Waals surface area contributed by atoms with Crippen molar-refractivity contribution in [3.63, 3.8) is 0 Å². The zero-order chi connectivity index (χ0) is 19.7. The Bertz CT molecular complexity index is 1010. The third-order valence-corrected chi connectivity index (χ3v) is 7.46. The van der Waals surface area contributed by atoms with Crippen molar-refractivity contribution in [3.05, 3.63) is 63.1 Å². The summed E-state index contributed by atoms with van der Waals surface area (Å²) in [4.78, 5) is 1.48. The number of thiophene rings is 1. The number of nitrogens with zero attached hydrogens (tertiary/aromatic N) is 3. The quantitative estimate of drug-likeness (QED) is 0.332. The fourth-order valence-corrected chi connectivity index (χ4v) is 6.04. The van der Waals surface area contributed by atoms with Crippen LogP contribution in [0.15, 0.2) is 41.4 Å². The first-order valence-electron chi connectivity index (χ1n) is 9.27. The topological polar surface area (TPSA) is 30.7 Å². The average molecular weight is 434 g/mol. The Morgan fingerprint density at radius 3 is 3.07 bits per heavy atom. The zero-order valence-corrected chi connectivity index (χ0v) is 18.0. The lowest BCUT2D eigenvalue weighted by Crippen LogP contribution is -2.10. The van der Waals surface area contributed by atoms with Crippen LogP contribution in [-0.2, 0) is 25.1 Å². The van der Waals surface area contributed by atoms with Crippen molar-refractivity contribution < 1.29 is 4.39 Å². The first kappa shape index (κ1) is 19.7. The fourth-order valence-electron chi connectivity index (χ4n) is 3.53. The number of benzene rings is 1. The molecule has 7 heteroatoms. The van der Waals surface area contributed by atoms with E-state index >= 15 is 0 Å². The van der Waals surface area contributed by atoms with E-state index in [0.717, 1.165) is 35.3 Å². The molecule has 4 rings (SSSR count). The van der Waals surface area contributed by atoms with Gasteiger partial charge in [0, 0.05) is 33.1 Å². The molecule has 28 heavy (non-hydrogen) atoms. The highest BCUT2D eigenvalue weighted by Crippen LogP contribution is 2.38. The van der Waals surface area contributed by atoms with Crippen LogP contribution >= 0.6 is 34.7 Å². The molecule has 0 saturated carbocycles. The highest BCUT2D eigenvalue weighted by Gasteiger charge is 2.24. The Hall–Kier alpha value is -1.63. The molecule has 0 aliphatic heterocycles. The van der Waals surface area contributed by atoms with Crippen LogP contribution in [-0.4, -0.2) is 14.8 Å². The van der Waals surface area contributed by atoms with Gasteiger partial charge in [0.05, 0.1) is 0 Å². The van der Waals surface area contributed by atoms with Crippen LogP contribution in [0.5, 0.6) is 0 Å².